The third-order valence-corrected chi connectivity index (χ3v) is 3.76. The summed E-state index contributed by atoms with van der Waals surface area (Å²) in [6, 6.07) is 6.26. The first-order valence-electron chi connectivity index (χ1n) is 5.79. The van der Waals surface area contributed by atoms with E-state index >= 15 is 0 Å². The Morgan fingerprint density at radius 3 is 2.88 bits per heavy atom. The number of aromatic nitrogens is 2. The van der Waals surface area contributed by atoms with E-state index in [1.165, 1.54) is 18.2 Å². The molecule has 2 aromatic heterocycles. The van der Waals surface area contributed by atoms with Gasteiger partial charge in [-0.1, -0.05) is 0 Å². The Labute approximate surface area is 95.7 Å². The summed E-state index contributed by atoms with van der Waals surface area (Å²) in [5, 5.41) is 1.23. The minimum absolute atomic E-state index is 0.378. The summed E-state index contributed by atoms with van der Waals surface area (Å²) < 4.78 is 2.28. The van der Waals surface area contributed by atoms with Gasteiger partial charge in [0, 0.05) is 29.9 Å². The molecular weight excluding hydrogens is 198 g/mol. The molecule has 1 fully saturated rings. The average Bonchev–Trinajstić information content (AvgIpc) is 2.96. The van der Waals surface area contributed by atoms with Gasteiger partial charge in [0.1, 0.15) is 5.65 Å². The van der Waals surface area contributed by atoms with Crippen molar-refractivity contribution in [2.45, 2.75) is 24.9 Å². The summed E-state index contributed by atoms with van der Waals surface area (Å²) in [6.45, 7) is 1.06. The number of pyridine rings is 1. The summed E-state index contributed by atoms with van der Waals surface area (Å²) in [7, 11) is 4.35. The van der Waals surface area contributed by atoms with E-state index in [1.54, 1.807) is 0 Å². The lowest BCUT2D eigenvalue weighted by molar-refractivity contribution is 0.243. The van der Waals surface area contributed by atoms with Crippen LogP contribution in [0, 0.1) is 0 Å². The zero-order valence-electron chi connectivity index (χ0n) is 9.85. The van der Waals surface area contributed by atoms with Crippen LogP contribution < -0.4 is 0 Å². The lowest BCUT2D eigenvalue weighted by Crippen LogP contribution is -2.34. The van der Waals surface area contributed by atoms with E-state index in [4.69, 9.17) is 0 Å². The van der Waals surface area contributed by atoms with Crippen molar-refractivity contribution in [3.8, 4) is 0 Å². The van der Waals surface area contributed by atoms with Gasteiger partial charge in [-0.2, -0.15) is 0 Å². The summed E-state index contributed by atoms with van der Waals surface area (Å²) in [4.78, 5) is 6.81. The smallest absolute Gasteiger partial charge is 0.139 e. The molecule has 0 aliphatic heterocycles. The zero-order chi connectivity index (χ0) is 11.2. The van der Waals surface area contributed by atoms with Gasteiger partial charge in [0.05, 0.1) is 0 Å². The van der Waals surface area contributed by atoms with Crippen LogP contribution in [0.2, 0.25) is 0 Å². The molecule has 0 bridgehead atoms. The van der Waals surface area contributed by atoms with Crippen molar-refractivity contribution >= 4 is 11.0 Å². The maximum Gasteiger partial charge on any atom is 0.139 e. The number of hydrogen-bond acceptors (Lipinski definition) is 2. The second kappa shape index (κ2) is 3.32. The molecule has 84 valence electrons. The maximum absolute atomic E-state index is 4.46. The van der Waals surface area contributed by atoms with Crippen LogP contribution in [0.15, 0.2) is 30.6 Å². The molecule has 3 heteroatoms. The van der Waals surface area contributed by atoms with E-state index in [1.807, 2.05) is 12.3 Å². The molecule has 2 heterocycles. The molecule has 3 nitrogen and oxygen atoms in total. The van der Waals surface area contributed by atoms with Crippen molar-refractivity contribution in [3.05, 3.63) is 30.6 Å². The molecule has 0 amide bonds. The van der Waals surface area contributed by atoms with Gasteiger partial charge < -0.3 is 9.47 Å². The van der Waals surface area contributed by atoms with Gasteiger partial charge >= 0.3 is 0 Å². The van der Waals surface area contributed by atoms with Crippen LogP contribution in [0.3, 0.4) is 0 Å². The maximum atomic E-state index is 4.46. The molecule has 16 heavy (non-hydrogen) atoms. The van der Waals surface area contributed by atoms with Crippen LogP contribution in [0.4, 0.5) is 0 Å². The highest BCUT2D eigenvalue weighted by molar-refractivity contribution is 5.75. The van der Waals surface area contributed by atoms with Gasteiger partial charge in [-0.3, -0.25) is 0 Å². The van der Waals surface area contributed by atoms with E-state index in [-0.39, 0.29) is 0 Å². The molecule has 1 aliphatic carbocycles. The number of likely N-dealkylation sites (N-methyl/N-ethyl adjacent to an activating group) is 1. The van der Waals surface area contributed by atoms with Crippen LogP contribution in [0.25, 0.3) is 11.0 Å². The van der Waals surface area contributed by atoms with E-state index in [0.717, 1.165) is 12.2 Å². The van der Waals surface area contributed by atoms with E-state index < -0.39 is 0 Å². The van der Waals surface area contributed by atoms with Gasteiger partial charge in [0.15, 0.2) is 0 Å². The minimum atomic E-state index is 0.378. The van der Waals surface area contributed by atoms with E-state index in [2.05, 4.69) is 46.9 Å². The summed E-state index contributed by atoms with van der Waals surface area (Å²) in [5.41, 5.74) is 1.49. The fourth-order valence-corrected chi connectivity index (χ4v) is 2.36. The van der Waals surface area contributed by atoms with Gasteiger partial charge in [-0.05, 0) is 45.1 Å². The number of fused-ring (bicyclic) bond motifs is 1. The SMILES string of the molecule is CN(C)C1(Cn2ccc3cccnc32)CC1. The highest BCUT2D eigenvalue weighted by Crippen LogP contribution is 2.41. The highest BCUT2D eigenvalue weighted by Gasteiger charge is 2.45. The predicted molar refractivity (Wildman–Crippen MR) is 65.4 cm³/mol. The summed E-state index contributed by atoms with van der Waals surface area (Å²) in [5.74, 6) is 0. The van der Waals surface area contributed by atoms with Crippen LogP contribution in [-0.4, -0.2) is 34.1 Å². The second-order valence-electron chi connectivity index (χ2n) is 4.98. The lowest BCUT2D eigenvalue weighted by atomic mass is 10.2. The standard InChI is InChI=1S/C13H17N3/c1-15(2)13(6-7-13)10-16-9-5-11-4-3-8-14-12(11)16/h3-5,8-9H,6-7,10H2,1-2H3. The first-order chi connectivity index (χ1) is 7.71. The lowest BCUT2D eigenvalue weighted by Gasteiger charge is -2.24. The van der Waals surface area contributed by atoms with Crippen molar-refractivity contribution in [3.63, 3.8) is 0 Å². The highest BCUT2D eigenvalue weighted by atomic mass is 15.2. The van der Waals surface area contributed by atoms with Gasteiger partial charge in [0.2, 0.25) is 0 Å². The molecule has 0 saturated heterocycles. The average molecular weight is 215 g/mol. The molecular formula is C13H17N3. The molecule has 3 rings (SSSR count). The summed E-state index contributed by atoms with van der Waals surface area (Å²) in [6.07, 6.45) is 6.62. The van der Waals surface area contributed by atoms with E-state index in [0.29, 0.717) is 5.54 Å². The number of hydrogen-bond donors (Lipinski definition) is 0. The van der Waals surface area contributed by atoms with Crippen molar-refractivity contribution < 1.29 is 0 Å². The second-order valence-corrected chi connectivity index (χ2v) is 4.98. The van der Waals surface area contributed by atoms with Gasteiger partial charge in [-0.25, -0.2) is 4.98 Å². The van der Waals surface area contributed by atoms with Gasteiger partial charge in [0.25, 0.3) is 0 Å². The molecule has 2 aromatic rings. The Balaban J connectivity index is 1.95. The third kappa shape index (κ3) is 1.43. The van der Waals surface area contributed by atoms with Crippen molar-refractivity contribution in [2.24, 2.45) is 0 Å². The Morgan fingerprint density at radius 2 is 2.19 bits per heavy atom. The van der Waals surface area contributed by atoms with E-state index in [9.17, 15) is 0 Å². The predicted octanol–water partition coefficient (Wildman–Crippen LogP) is 2.13. The third-order valence-electron chi connectivity index (χ3n) is 3.76. The molecule has 0 radical (unpaired) electrons. The van der Waals surface area contributed by atoms with Crippen LogP contribution in [0.5, 0.6) is 0 Å². The largest absolute Gasteiger partial charge is 0.331 e. The Bertz CT molecular complexity index is 509. The Kier molecular flexibility index (Phi) is 2.04. The first kappa shape index (κ1) is 9.85. The zero-order valence-corrected chi connectivity index (χ0v) is 9.85. The Hall–Kier alpha value is -1.35. The molecule has 0 atom stereocenters. The molecule has 0 unspecified atom stereocenters. The molecule has 0 N–H and O–H groups in total. The van der Waals surface area contributed by atoms with Crippen LogP contribution >= 0.6 is 0 Å². The number of rotatable bonds is 3. The fourth-order valence-electron chi connectivity index (χ4n) is 2.36. The molecule has 1 saturated carbocycles. The first-order valence-corrected chi connectivity index (χ1v) is 5.79. The van der Waals surface area contributed by atoms with Crippen molar-refractivity contribution in [2.75, 3.05) is 14.1 Å². The van der Waals surface area contributed by atoms with Crippen LogP contribution in [-0.2, 0) is 6.54 Å². The van der Waals surface area contributed by atoms with Gasteiger partial charge in [-0.15, -0.1) is 0 Å². The number of nitrogens with zero attached hydrogens (tertiary/aromatic N) is 3. The van der Waals surface area contributed by atoms with Crippen molar-refractivity contribution in [1.82, 2.24) is 14.5 Å². The fraction of sp³-hybridized carbons (Fsp3) is 0.462. The summed E-state index contributed by atoms with van der Waals surface area (Å²) >= 11 is 0. The molecule has 0 aromatic carbocycles. The molecule has 1 aliphatic rings. The van der Waals surface area contributed by atoms with Crippen molar-refractivity contribution in [1.29, 1.82) is 0 Å². The minimum Gasteiger partial charge on any atom is -0.331 e. The van der Waals surface area contributed by atoms with Crippen LogP contribution in [0.1, 0.15) is 12.8 Å². The topological polar surface area (TPSA) is 21.1 Å². The normalized spacial score (nSPS) is 18.2. The monoisotopic (exact) mass is 215 g/mol. The quantitative estimate of drug-likeness (QED) is 0.782. The molecule has 0 spiro atoms. The Morgan fingerprint density at radius 1 is 1.38 bits per heavy atom.